The Hall–Kier alpha value is -2.77. The molecule has 0 bridgehead atoms. The number of carbonyl (C=O) groups excluding carboxylic acids is 2. The largest absolute Gasteiger partial charge is 0.437 e. The highest BCUT2D eigenvalue weighted by Gasteiger charge is 2.48. The second-order valence-corrected chi connectivity index (χ2v) is 7.88. The zero-order chi connectivity index (χ0) is 22.3. The van der Waals surface area contributed by atoms with Crippen molar-refractivity contribution >= 4 is 12.0 Å². The van der Waals surface area contributed by atoms with Crippen LogP contribution in [-0.4, -0.2) is 69.0 Å². The monoisotopic (exact) mass is 427 g/mol. The number of hydrogen-bond acceptors (Lipinski definition) is 5. The van der Waals surface area contributed by atoms with E-state index in [1.807, 2.05) is 6.07 Å². The van der Waals surface area contributed by atoms with Gasteiger partial charge < -0.3 is 14.5 Å². The lowest BCUT2D eigenvalue weighted by Crippen LogP contribution is -2.55. The number of alkyl halides is 3. The molecule has 164 valence electrons. The van der Waals surface area contributed by atoms with E-state index in [4.69, 9.17) is 0 Å². The highest BCUT2D eigenvalue weighted by atomic mass is 19.4. The zero-order valence-corrected chi connectivity index (χ0v) is 17.1. The summed E-state index contributed by atoms with van der Waals surface area (Å²) in [5.41, 5.74) is 0.464. The number of rotatable bonds is 2. The Morgan fingerprint density at radius 3 is 2.43 bits per heavy atom. The van der Waals surface area contributed by atoms with Crippen molar-refractivity contribution in [2.24, 2.45) is 7.05 Å². The third-order valence-electron chi connectivity index (χ3n) is 6.07. The van der Waals surface area contributed by atoms with Gasteiger partial charge in [0, 0.05) is 32.2 Å². The summed E-state index contributed by atoms with van der Waals surface area (Å²) in [7, 11) is 1.62. The van der Waals surface area contributed by atoms with E-state index in [9.17, 15) is 28.0 Å². The lowest BCUT2D eigenvalue weighted by molar-refractivity contribution is -0.200. The van der Waals surface area contributed by atoms with E-state index in [2.05, 4.69) is 9.84 Å². The molecule has 1 atom stereocenters. The summed E-state index contributed by atoms with van der Waals surface area (Å²) in [6.07, 6.45) is -5.40. The second-order valence-electron chi connectivity index (χ2n) is 7.88. The number of nitriles is 1. The summed E-state index contributed by atoms with van der Waals surface area (Å²) in [6.45, 7) is 3.37. The molecule has 0 radical (unpaired) electrons. The molecule has 2 amide bonds. The van der Waals surface area contributed by atoms with Gasteiger partial charge in [-0.2, -0.15) is 23.5 Å². The van der Waals surface area contributed by atoms with Gasteiger partial charge in [0.25, 0.3) is 5.91 Å². The van der Waals surface area contributed by atoms with Gasteiger partial charge in [0.2, 0.25) is 0 Å². The van der Waals surface area contributed by atoms with Gasteiger partial charge in [-0.1, -0.05) is 0 Å². The molecule has 0 saturated carbocycles. The Bertz CT molecular complexity index is 881. The molecule has 8 nitrogen and oxygen atoms in total. The van der Waals surface area contributed by atoms with Crippen molar-refractivity contribution in [2.75, 3.05) is 19.6 Å². The lowest BCUT2D eigenvalue weighted by Gasteiger charge is -2.44. The number of nitrogens with zero attached hydrogens (tertiary/aromatic N) is 5. The third-order valence-corrected chi connectivity index (χ3v) is 6.07. The van der Waals surface area contributed by atoms with Crippen LogP contribution in [0.3, 0.4) is 0 Å². The molecular weight excluding hydrogens is 403 g/mol. The minimum atomic E-state index is -4.61. The number of piperidine rings is 1. The number of amides is 2. The van der Waals surface area contributed by atoms with Crippen LogP contribution in [0.4, 0.5) is 18.0 Å². The molecule has 0 N–H and O–H groups in total. The van der Waals surface area contributed by atoms with Crippen molar-refractivity contribution in [1.82, 2.24) is 19.6 Å². The molecule has 2 fully saturated rings. The highest BCUT2D eigenvalue weighted by molar-refractivity contribution is 5.96. The lowest BCUT2D eigenvalue weighted by atomic mass is 9.84. The van der Waals surface area contributed by atoms with E-state index in [1.165, 1.54) is 9.58 Å². The number of ether oxygens (including phenoxy) is 1. The van der Waals surface area contributed by atoms with Gasteiger partial charge in [0.15, 0.2) is 6.10 Å². The molecule has 0 aliphatic carbocycles. The zero-order valence-electron chi connectivity index (χ0n) is 17.1. The van der Waals surface area contributed by atoms with Crippen molar-refractivity contribution in [3.8, 4) is 6.07 Å². The normalized spacial score (nSPS) is 19.6. The van der Waals surface area contributed by atoms with E-state index in [-0.39, 0.29) is 30.3 Å². The predicted octanol–water partition coefficient (Wildman–Crippen LogP) is 2.76. The molecule has 3 heterocycles. The topological polar surface area (TPSA) is 91.5 Å². The molecule has 11 heteroatoms. The Balaban J connectivity index is 1.72. The first-order valence-electron chi connectivity index (χ1n) is 9.78. The molecule has 0 aromatic carbocycles. The van der Waals surface area contributed by atoms with Crippen molar-refractivity contribution < 1.29 is 27.5 Å². The van der Waals surface area contributed by atoms with Crippen molar-refractivity contribution in [3.63, 3.8) is 0 Å². The fraction of sp³-hybridized carbons (Fsp3) is 0.684. The quantitative estimate of drug-likeness (QED) is 0.724. The number of carbonyl (C=O) groups is 2. The fourth-order valence-corrected chi connectivity index (χ4v) is 4.34. The van der Waals surface area contributed by atoms with Gasteiger partial charge >= 0.3 is 12.3 Å². The number of hydrogen-bond donors (Lipinski definition) is 0. The molecule has 1 spiro atoms. The van der Waals surface area contributed by atoms with Crippen LogP contribution >= 0.6 is 0 Å². The SMILES string of the molecule is Cc1nn(C)c(C(=O)N2CCCC23CCN(C(=O)OC(C)C(F)(F)F)CC3)c1C#N. The van der Waals surface area contributed by atoms with Crippen LogP contribution in [0.2, 0.25) is 0 Å². The van der Waals surface area contributed by atoms with Gasteiger partial charge in [-0.25, -0.2) is 4.79 Å². The van der Waals surface area contributed by atoms with Gasteiger partial charge in [-0.3, -0.25) is 9.48 Å². The smallest absolute Gasteiger partial charge is 0.425 e. The molecule has 2 saturated heterocycles. The molecule has 1 aromatic heterocycles. The summed E-state index contributed by atoms with van der Waals surface area (Å²) in [5.74, 6) is -0.283. The average Bonchev–Trinajstić information content (AvgIpc) is 3.20. The second kappa shape index (κ2) is 7.81. The number of aryl methyl sites for hydroxylation is 2. The minimum Gasteiger partial charge on any atom is -0.437 e. The molecule has 3 rings (SSSR count). The number of aromatic nitrogens is 2. The van der Waals surface area contributed by atoms with Crippen LogP contribution in [0.25, 0.3) is 0 Å². The summed E-state index contributed by atoms with van der Waals surface area (Å²) in [6, 6.07) is 2.04. The van der Waals surface area contributed by atoms with Crippen LogP contribution in [0.1, 0.15) is 54.4 Å². The van der Waals surface area contributed by atoms with Crippen LogP contribution in [-0.2, 0) is 11.8 Å². The van der Waals surface area contributed by atoms with Crippen molar-refractivity contribution in [1.29, 1.82) is 5.26 Å². The molecule has 2 aliphatic rings. The predicted molar refractivity (Wildman–Crippen MR) is 98.5 cm³/mol. The first-order chi connectivity index (χ1) is 14.0. The Kier molecular flexibility index (Phi) is 5.71. The Labute approximate surface area is 172 Å². The van der Waals surface area contributed by atoms with Gasteiger partial charge in [-0.05, 0) is 39.5 Å². The van der Waals surface area contributed by atoms with E-state index in [0.29, 0.717) is 25.1 Å². The maximum Gasteiger partial charge on any atom is 0.425 e. The Morgan fingerprint density at radius 2 is 1.87 bits per heavy atom. The fourth-order valence-electron chi connectivity index (χ4n) is 4.34. The minimum absolute atomic E-state index is 0.197. The van der Waals surface area contributed by atoms with E-state index in [1.54, 1.807) is 18.9 Å². The summed E-state index contributed by atoms with van der Waals surface area (Å²) < 4.78 is 43.9. The van der Waals surface area contributed by atoms with Crippen molar-refractivity contribution in [2.45, 2.75) is 57.3 Å². The van der Waals surface area contributed by atoms with Crippen molar-refractivity contribution in [3.05, 3.63) is 17.0 Å². The van der Waals surface area contributed by atoms with Gasteiger partial charge in [-0.15, -0.1) is 0 Å². The van der Waals surface area contributed by atoms with Gasteiger partial charge in [0.1, 0.15) is 17.3 Å². The Morgan fingerprint density at radius 1 is 1.23 bits per heavy atom. The summed E-state index contributed by atoms with van der Waals surface area (Å²) in [5, 5.41) is 13.6. The molecule has 30 heavy (non-hydrogen) atoms. The van der Waals surface area contributed by atoms with E-state index < -0.39 is 23.9 Å². The summed E-state index contributed by atoms with van der Waals surface area (Å²) in [4.78, 5) is 28.4. The maximum atomic E-state index is 13.3. The van der Waals surface area contributed by atoms with Crippen LogP contribution < -0.4 is 0 Å². The molecule has 1 unspecified atom stereocenters. The van der Waals surface area contributed by atoms with Crippen LogP contribution in [0.15, 0.2) is 0 Å². The maximum absolute atomic E-state index is 13.3. The number of halogens is 3. The van der Waals surface area contributed by atoms with E-state index in [0.717, 1.165) is 19.8 Å². The molecular formula is C19H24F3N5O3. The summed E-state index contributed by atoms with van der Waals surface area (Å²) >= 11 is 0. The number of likely N-dealkylation sites (tertiary alicyclic amines) is 2. The van der Waals surface area contributed by atoms with E-state index >= 15 is 0 Å². The van der Waals surface area contributed by atoms with Gasteiger partial charge in [0.05, 0.1) is 5.69 Å². The highest BCUT2D eigenvalue weighted by Crippen LogP contribution is 2.40. The first-order valence-corrected chi connectivity index (χ1v) is 9.78. The average molecular weight is 427 g/mol. The standard InChI is InChI=1S/C19H24F3N5O3/c1-12-14(11-23)15(25(3)24-12)16(28)27-8-4-5-18(27)6-9-26(10-7-18)17(29)30-13(2)19(20,21)22/h13H,4-10H2,1-3H3. The third kappa shape index (κ3) is 3.82. The van der Waals surface area contributed by atoms with Crippen LogP contribution in [0, 0.1) is 18.3 Å². The molecule has 2 aliphatic heterocycles. The van der Waals surface area contributed by atoms with Crippen LogP contribution in [0.5, 0.6) is 0 Å². The first kappa shape index (κ1) is 21.9. The molecule has 1 aromatic rings.